The number of aliphatic hydroxyl groups is 2. The van der Waals surface area contributed by atoms with E-state index < -0.39 is 35.8 Å². The zero-order valence-electron chi connectivity index (χ0n) is 22.0. The van der Waals surface area contributed by atoms with Crippen LogP contribution in [0.5, 0.6) is 11.5 Å². The van der Waals surface area contributed by atoms with Crippen molar-refractivity contribution in [3.05, 3.63) is 46.3 Å². The zero-order valence-corrected chi connectivity index (χ0v) is 22.0. The van der Waals surface area contributed by atoms with Crippen LogP contribution in [-0.2, 0) is 25.5 Å². The van der Waals surface area contributed by atoms with E-state index in [1.54, 1.807) is 45.9 Å². The normalized spacial score (nSPS) is 23.5. The van der Waals surface area contributed by atoms with Crippen LogP contribution in [0.25, 0.3) is 11.0 Å². The van der Waals surface area contributed by atoms with Crippen LogP contribution in [0, 0.1) is 6.92 Å². The molecule has 1 aromatic carbocycles. The van der Waals surface area contributed by atoms with Gasteiger partial charge in [0.15, 0.2) is 0 Å². The van der Waals surface area contributed by atoms with Gasteiger partial charge in [0.2, 0.25) is 12.2 Å². The van der Waals surface area contributed by atoms with Crippen molar-refractivity contribution in [1.82, 2.24) is 0 Å². The SMILES string of the molecule is C=CCOc1c(CCOC(C)=NOC)c(=O)oc2c(C)c(O[C@@H]3OC(C)(C)[C@H](OC)[C@H](O)[C@H]3O)ccc12. The molecule has 11 heteroatoms. The van der Waals surface area contributed by atoms with Gasteiger partial charge in [0.05, 0.1) is 23.2 Å². The quantitative estimate of drug-likeness (QED) is 0.158. The Kier molecular flexibility index (Phi) is 9.19. The van der Waals surface area contributed by atoms with E-state index in [0.29, 0.717) is 33.9 Å². The highest BCUT2D eigenvalue weighted by atomic mass is 16.7. The predicted molar refractivity (Wildman–Crippen MR) is 135 cm³/mol. The summed E-state index contributed by atoms with van der Waals surface area (Å²) in [7, 11) is 2.84. The average Bonchev–Trinajstić information content (AvgIpc) is 2.84. The number of benzene rings is 1. The summed E-state index contributed by atoms with van der Waals surface area (Å²) in [6.45, 7) is 10.8. The average molecular weight is 522 g/mol. The Morgan fingerprint density at radius 3 is 2.62 bits per heavy atom. The van der Waals surface area contributed by atoms with E-state index >= 15 is 0 Å². The van der Waals surface area contributed by atoms with Gasteiger partial charge in [-0.25, -0.2) is 4.79 Å². The van der Waals surface area contributed by atoms with E-state index in [-0.39, 0.29) is 25.2 Å². The van der Waals surface area contributed by atoms with Crippen LogP contribution in [0.1, 0.15) is 31.9 Å². The number of hydrogen-bond donors (Lipinski definition) is 2. The molecule has 1 aromatic heterocycles. The van der Waals surface area contributed by atoms with E-state index in [1.807, 2.05) is 0 Å². The van der Waals surface area contributed by atoms with Crippen molar-refractivity contribution in [3.8, 4) is 11.5 Å². The number of aryl methyl sites for hydroxylation is 1. The minimum absolute atomic E-state index is 0.150. The molecular formula is C26H35NO10. The third-order valence-corrected chi connectivity index (χ3v) is 6.09. The Hall–Kier alpha value is -3.12. The molecule has 37 heavy (non-hydrogen) atoms. The summed E-state index contributed by atoms with van der Waals surface area (Å²) in [5.41, 5.74) is -0.492. The molecule has 0 saturated carbocycles. The molecule has 0 amide bonds. The third-order valence-electron chi connectivity index (χ3n) is 6.09. The molecule has 4 atom stereocenters. The summed E-state index contributed by atoms with van der Waals surface area (Å²) in [6, 6.07) is 3.35. The fraction of sp³-hybridized carbons (Fsp3) is 0.538. The van der Waals surface area contributed by atoms with Gasteiger partial charge < -0.3 is 43.2 Å². The smallest absolute Gasteiger partial charge is 0.343 e. The van der Waals surface area contributed by atoms with E-state index in [2.05, 4.69) is 16.6 Å². The molecule has 2 heterocycles. The Balaban J connectivity index is 1.96. The molecule has 1 fully saturated rings. The van der Waals surface area contributed by atoms with E-state index in [1.165, 1.54) is 14.2 Å². The van der Waals surface area contributed by atoms with Crippen molar-refractivity contribution in [2.24, 2.45) is 5.16 Å². The van der Waals surface area contributed by atoms with Crippen LogP contribution < -0.4 is 15.1 Å². The topological polar surface area (TPSA) is 138 Å². The van der Waals surface area contributed by atoms with Crippen LogP contribution in [0.4, 0.5) is 0 Å². The monoisotopic (exact) mass is 521 g/mol. The molecule has 11 nitrogen and oxygen atoms in total. The molecule has 0 aliphatic carbocycles. The van der Waals surface area contributed by atoms with Crippen molar-refractivity contribution >= 4 is 16.9 Å². The summed E-state index contributed by atoms with van der Waals surface area (Å²) in [5, 5.41) is 25.4. The predicted octanol–water partition coefficient (Wildman–Crippen LogP) is 2.46. The number of nitrogens with zero attached hydrogens (tertiary/aromatic N) is 1. The molecule has 1 aliphatic rings. The summed E-state index contributed by atoms with van der Waals surface area (Å²) < 4.78 is 34.2. The first kappa shape index (κ1) is 28.5. The maximum atomic E-state index is 13.0. The molecule has 0 spiro atoms. The fourth-order valence-electron chi connectivity index (χ4n) is 4.33. The summed E-state index contributed by atoms with van der Waals surface area (Å²) in [5.74, 6) is 0.964. The molecule has 1 saturated heterocycles. The largest absolute Gasteiger partial charge is 0.488 e. The lowest BCUT2D eigenvalue weighted by Gasteiger charge is -2.46. The molecule has 3 rings (SSSR count). The molecule has 0 unspecified atom stereocenters. The number of rotatable bonds is 10. The maximum absolute atomic E-state index is 13.0. The van der Waals surface area contributed by atoms with E-state index in [9.17, 15) is 15.0 Å². The van der Waals surface area contributed by atoms with Gasteiger partial charge in [-0.2, -0.15) is 0 Å². The van der Waals surface area contributed by atoms with Gasteiger partial charge in [-0.3, -0.25) is 0 Å². The molecule has 204 valence electrons. The van der Waals surface area contributed by atoms with Gasteiger partial charge >= 0.3 is 5.63 Å². The summed E-state index contributed by atoms with van der Waals surface area (Å²) in [6.07, 6.45) is -2.78. The minimum atomic E-state index is -1.38. The van der Waals surface area contributed by atoms with Crippen molar-refractivity contribution in [3.63, 3.8) is 0 Å². The van der Waals surface area contributed by atoms with Crippen LogP contribution in [0.3, 0.4) is 0 Å². The molecule has 0 bridgehead atoms. The van der Waals surface area contributed by atoms with E-state index in [0.717, 1.165) is 0 Å². The summed E-state index contributed by atoms with van der Waals surface area (Å²) in [4.78, 5) is 17.7. The number of fused-ring (bicyclic) bond motifs is 1. The first-order valence-electron chi connectivity index (χ1n) is 11.8. The van der Waals surface area contributed by atoms with Crippen LogP contribution >= 0.6 is 0 Å². The third kappa shape index (κ3) is 6.07. The van der Waals surface area contributed by atoms with Gasteiger partial charge in [0.25, 0.3) is 0 Å². The number of ether oxygens (including phenoxy) is 5. The highest BCUT2D eigenvalue weighted by Crippen LogP contribution is 2.37. The zero-order chi connectivity index (χ0) is 27.3. The lowest BCUT2D eigenvalue weighted by atomic mass is 9.89. The van der Waals surface area contributed by atoms with Gasteiger partial charge in [0.1, 0.15) is 49.1 Å². The van der Waals surface area contributed by atoms with Gasteiger partial charge in [-0.1, -0.05) is 17.8 Å². The second kappa shape index (κ2) is 12.0. The summed E-state index contributed by atoms with van der Waals surface area (Å²) >= 11 is 0. The minimum Gasteiger partial charge on any atom is -0.488 e. The van der Waals surface area contributed by atoms with Crippen molar-refractivity contribution in [1.29, 1.82) is 0 Å². The first-order valence-corrected chi connectivity index (χ1v) is 11.8. The highest BCUT2D eigenvalue weighted by Gasteiger charge is 2.50. The van der Waals surface area contributed by atoms with Gasteiger partial charge in [-0.15, -0.1) is 0 Å². The molecule has 2 aromatic rings. The molecular weight excluding hydrogens is 486 g/mol. The fourth-order valence-corrected chi connectivity index (χ4v) is 4.33. The molecule has 2 N–H and O–H groups in total. The standard InChI is InChI=1S/C26H35NO10/c1-8-12-34-22-16-9-10-18(35-25-20(29)19(28)23(31-6)26(4,5)37-25)14(2)21(16)36-24(30)17(22)11-13-33-15(3)27-32-7/h8-10,19-20,23,25,28-29H,1,11-13H2,2-7H3/t19-,20-,23-,25-/m1/s1. The lowest BCUT2D eigenvalue weighted by Crippen LogP contribution is -2.63. The van der Waals surface area contributed by atoms with Gasteiger partial charge in [0, 0.05) is 26.0 Å². The lowest BCUT2D eigenvalue weighted by molar-refractivity contribution is -0.306. The first-order chi connectivity index (χ1) is 17.5. The number of hydrogen-bond acceptors (Lipinski definition) is 11. The Labute approximate surface area is 215 Å². The van der Waals surface area contributed by atoms with Crippen molar-refractivity contribution in [2.75, 3.05) is 27.4 Å². The van der Waals surface area contributed by atoms with Crippen molar-refractivity contribution < 1.29 is 43.2 Å². The van der Waals surface area contributed by atoms with Crippen LogP contribution in [0.2, 0.25) is 0 Å². The van der Waals surface area contributed by atoms with Gasteiger partial charge in [-0.05, 0) is 32.9 Å². The Morgan fingerprint density at radius 2 is 1.97 bits per heavy atom. The number of oxime groups is 1. The second-order valence-corrected chi connectivity index (χ2v) is 9.10. The molecule has 0 radical (unpaired) electrons. The second-order valence-electron chi connectivity index (χ2n) is 9.10. The Morgan fingerprint density at radius 1 is 1.24 bits per heavy atom. The van der Waals surface area contributed by atoms with Crippen molar-refractivity contribution in [2.45, 2.75) is 64.3 Å². The number of aliphatic hydroxyl groups excluding tert-OH is 2. The highest BCUT2D eigenvalue weighted by molar-refractivity contribution is 5.88. The van der Waals surface area contributed by atoms with E-state index in [4.69, 9.17) is 28.1 Å². The molecule has 1 aliphatic heterocycles. The Bertz CT molecular complexity index is 1190. The maximum Gasteiger partial charge on any atom is 0.343 e. The van der Waals surface area contributed by atoms with Crippen LogP contribution in [0.15, 0.2) is 39.2 Å². The van der Waals surface area contributed by atoms with Crippen LogP contribution in [-0.4, -0.2) is 73.7 Å². The number of methoxy groups -OCH3 is 1.